The lowest BCUT2D eigenvalue weighted by molar-refractivity contribution is -0.707. The minimum Gasteiger partial charge on any atom is -0.337 e. The van der Waals surface area contributed by atoms with Crippen LogP contribution in [0.1, 0.15) is 37.9 Å². The molecule has 1 aromatic heterocycles. The molecule has 1 fully saturated rings. The van der Waals surface area contributed by atoms with Crippen molar-refractivity contribution in [3.8, 4) is 5.69 Å². The molecule has 0 amide bonds. The van der Waals surface area contributed by atoms with E-state index in [1.165, 1.54) is 44.2 Å². The number of nitro groups is 1. The van der Waals surface area contributed by atoms with Crippen LogP contribution in [0.4, 0.5) is 5.69 Å². The highest BCUT2D eigenvalue weighted by molar-refractivity contribution is 5.42. The number of nitrogens with zero attached hydrogens (tertiary/aromatic N) is 5. The highest BCUT2D eigenvalue weighted by Crippen LogP contribution is 2.17. The second-order valence-corrected chi connectivity index (χ2v) is 5.62. The molecule has 0 spiro atoms. The Labute approximate surface area is 127 Å². The molecule has 8 nitrogen and oxygen atoms in total. The quantitative estimate of drug-likeness (QED) is 0.654. The summed E-state index contributed by atoms with van der Waals surface area (Å²) >= 11 is 0. The molecule has 0 atom stereocenters. The molecular formula is C14H19N6O2+. The van der Waals surface area contributed by atoms with Gasteiger partial charge in [0, 0.05) is 12.1 Å². The summed E-state index contributed by atoms with van der Waals surface area (Å²) in [6.07, 6.45) is 6.38. The Morgan fingerprint density at radius 3 is 2.91 bits per heavy atom. The highest BCUT2D eigenvalue weighted by atomic mass is 16.6. The molecule has 1 aromatic carbocycles. The Kier molecular flexibility index (Phi) is 4.38. The Morgan fingerprint density at radius 1 is 1.32 bits per heavy atom. The number of non-ortho nitro benzene ring substituents is 1. The van der Waals surface area contributed by atoms with Crippen molar-refractivity contribution in [2.75, 3.05) is 0 Å². The van der Waals surface area contributed by atoms with E-state index in [2.05, 4.69) is 20.8 Å². The molecule has 1 saturated carbocycles. The molecular weight excluding hydrogens is 284 g/mol. The van der Waals surface area contributed by atoms with Gasteiger partial charge >= 0.3 is 0 Å². The number of benzene rings is 1. The second-order valence-electron chi connectivity index (χ2n) is 5.62. The van der Waals surface area contributed by atoms with E-state index in [0.29, 0.717) is 24.1 Å². The van der Waals surface area contributed by atoms with Crippen molar-refractivity contribution in [3.63, 3.8) is 0 Å². The Hall–Kier alpha value is -2.35. The minimum absolute atomic E-state index is 0.0372. The van der Waals surface area contributed by atoms with E-state index in [1.54, 1.807) is 16.8 Å². The first-order chi connectivity index (χ1) is 10.7. The number of hydrogen-bond donors (Lipinski definition) is 1. The summed E-state index contributed by atoms with van der Waals surface area (Å²) in [4.78, 5) is 10.5. The number of nitrogens with two attached hydrogens (primary N) is 1. The summed E-state index contributed by atoms with van der Waals surface area (Å²) in [5.41, 5.74) is 0.654. The number of aromatic nitrogens is 4. The number of nitro benzene ring substituents is 1. The smallest absolute Gasteiger partial charge is 0.271 e. The Bertz CT molecular complexity index is 650. The average molecular weight is 303 g/mol. The standard InChI is InChI=1S/C14H18N6O2/c21-20(22)13-8-4-7-12(9-13)19-14(16-17-18-19)10-15-11-5-2-1-3-6-11/h4,7-9,11,15H,1-3,5-6,10H2/p+1. The summed E-state index contributed by atoms with van der Waals surface area (Å²) < 4.78 is 1.58. The van der Waals surface area contributed by atoms with E-state index in [-0.39, 0.29) is 5.69 Å². The lowest BCUT2D eigenvalue weighted by atomic mass is 9.95. The number of tetrazole rings is 1. The molecule has 2 aromatic rings. The molecule has 0 bridgehead atoms. The van der Waals surface area contributed by atoms with Crippen molar-refractivity contribution < 1.29 is 10.2 Å². The van der Waals surface area contributed by atoms with E-state index in [0.717, 1.165) is 0 Å². The van der Waals surface area contributed by atoms with Crippen LogP contribution in [0.2, 0.25) is 0 Å². The first kappa shape index (κ1) is 14.6. The van der Waals surface area contributed by atoms with Crippen LogP contribution in [0, 0.1) is 10.1 Å². The van der Waals surface area contributed by atoms with Gasteiger partial charge in [-0.05, 0) is 42.2 Å². The van der Waals surface area contributed by atoms with Crippen molar-refractivity contribution >= 4 is 5.69 Å². The van der Waals surface area contributed by atoms with Crippen molar-refractivity contribution in [3.05, 3.63) is 40.2 Å². The third-order valence-electron chi connectivity index (χ3n) is 4.10. The van der Waals surface area contributed by atoms with Gasteiger partial charge in [0.15, 0.2) is 0 Å². The molecule has 8 heteroatoms. The molecule has 22 heavy (non-hydrogen) atoms. The molecule has 0 aliphatic heterocycles. The van der Waals surface area contributed by atoms with Crippen LogP contribution < -0.4 is 5.32 Å². The van der Waals surface area contributed by atoms with Crippen molar-refractivity contribution in [1.82, 2.24) is 20.2 Å². The van der Waals surface area contributed by atoms with Crippen LogP contribution in [0.25, 0.3) is 5.69 Å². The lowest BCUT2D eigenvalue weighted by Crippen LogP contribution is -2.89. The Morgan fingerprint density at radius 2 is 2.14 bits per heavy atom. The van der Waals surface area contributed by atoms with Crippen molar-refractivity contribution in [2.45, 2.75) is 44.7 Å². The van der Waals surface area contributed by atoms with Gasteiger partial charge in [-0.15, -0.1) is 5.10 Å². The molecule has 0 unspecified atom stereocenters. The second kappa shape index (κ2) is 6.61. The van der Waals surface area contributed by atoms with E-state index in [9.17, 15) is 10.1 Å². The lowest BCUT2D eigenvalue weighted by Gasteiger charge is -2.19. The predicted octanol–water partition coefficient (Wildman–Crippen LogP) is 0.967. The molecule has 1 heterocycles. The van der Waals surface area contributed by atoms with Gasteiger partial charge in [0.2, 0.25) is 5.82 Å². The van der Waals surface area contributed by atoms with Crippen LogP contribution in [0.15, 0.2) is 24.3 Å². The topological polar surface area (TPSA) is 103 Å². The molecule has 116 valence electrons. The zero-order valence-corrected chi connectivity index (χ0v) is 12.3. The van der Waals surface area contributed by atoms with Gasteiger partial charge in [-0.1, -0.05) is 12.5 Å². The van der Waals surface area contributed by atoms with Crippen LogP contribution >= 0.6 is 0 Å². The zero-order chi connectivity index (χ0) is 15.4. The van der Waals surface area contributed by atoms with Gasteiger partial charge in [-0.2, -0.15) is 4.68 Å². The minimum atomic E-state index is -0.415. The van der Waals surface area contributed by atoms with E-state index in [1.807, 2.05) is 0 Å². The SMILES string of the molecule is O=[N+]([O-])c1cccc(-n2nnnc2C[NH2+]C2CCCCC2)c1. The summed E-state index contributed by atoms with van der Waals surface area (Å²) in [7, 11) is 0. The fourth-order valence-corrected chi connectivity index (χ4v) is 2.91. The molecule has 0 saturated heterocycles. The summed E-state index contributed by atoms with van der Waals surface area (Å²) in [5.74, 6) is 0.714. The van der Waals surface area contributed by atoms with Crippen LogP contribution in [0.5, 0.6) is 0 Å². The maximum atomic E-state index is 10.9. The summed E-state index contributed by atoms with van der Waals surface area (Å²) in [6, 6.07) is 6.99. The van der Waals surface area contributed by atoms with E-state index >= 15 is 0 Å². The van der Waals surface area contributed by atoms with Crippen molar-refractivity contribution in [2.24, 2.45) is 0 Å². The first-order valence-electron chi connectivity index (χ1n) is 7.59. The van der Waals surface area contributed by atoms with Gasteiger partial charge in [0.1, 0.15) is 6.54 Å². The molecule has 1 aliphatic carbocycles. The van der Waals surface area contributed by atoms with Crippen LogP contribution in [0.3, 0.4) is 0 Å². The maximum Gasteiger partial charge on any atom is 0.271 e. The van der Waals surface area contributed by atoms with Crippen molar-refractivity contribution in [1.29, 1.82) is 0 Å². The van der Waals surface area contributed by atoms with Gasteiger partial charge in [-0.25, -0.2) is 0 Å². The fourth-order valence-electron chi connectivity index (χ4n) is 2.91. The van der Waals surface area contributed by atoms with Gasteiger partial charge in [-0.3, -0.25) is 10.1 Å². The normalized spacial score (nSPS) is 15.8. The van der Waals surface area contributed by atoms with Gasteiger partial charge in [0.25, 0.3) is 5.69 Å². The fraction of sp³-hybridized carbons (Fsp3) is 0.500. The largest absolute Gasteiger partial charge is 0.337 e. The highest BCUT2D eigenvalue weighted by Gasteiger charge is 2.18. The van der Waals surface area contributed by atoms with Gasteiger partial charge < -0.3 is 5.32 Å². The number of quaternary nitrogens is 1. The van der Waals surface area contributed by atoms with Crippen LogP contribution in [-0.2, 0) is 6.54 Å². The van der Waals surface area contributed by atoms with Crippen LogP contribution in [-0.4, -0.2) is 31.2 Å². The monoisotopic (exact) mass is 303 g/mol. The summed E-state index contributed by atoms with van der Waals surface area (Å²) in [6.45, 7) is 0.681. The molecule has 3 rings (SSSR count). The molecule has 2 N–H and O–H groups in total. The molecule has 1 aliphatic rings. The Balaban J connectivity index is 1.74. The number of rotatable bonds is 5. The van der Waals surface area contributed by atoms with E-state index in [4.69, 9.17) is 0 Å². The third-order valence-corrected chi connectivity index (χ3v) is 4.10. The molecule has 0 radical (unpaired) electrons. The third kappa shape index (κ3) is 3.28. The summed E-state index contributed by atoms with van der Waals surface area (Å²) in [5, 5.41) is 24.9. The maximum absolute atomic E-state index is 10.9. The predicted molar refractivity (Wildman–Crippen MR) is 78.3 cm³/mol. The first-order valence-corrected chi connectivity index (χ1v) is 7.59. The van der Waals surface area contributed by atoms with Gasteiger partial charge in [0.05, 0.1) is 16.7 Å². The number of hydrogen-bond acceptors (Lipinski definition) is 5. The zero-order valence-electron chi connectivity index (χ0n) is 12.3. The average Bonchev–Trinajstić information content (AvgIpc) is 3.02. The van der Waals surface area contributed by atoms with E-state index < -0.39 is 4.92 Å².